The second-order valence-corrected chi connectivity index (χ2v) is 7.45. The summed E-state index contributed by atoms with van der Waals surface area (Å²) in [5.74, 6) is 0. The van der Waals surface area contributed by atoms with Crippen molar-refractivity contribution in [3.63, 3.8) is 0 Å². The van der Waals surface area contributed by atoms with Crippen LogP contribution in [0.2, 0.25) is 0 Å². The number of sulfonamides is 1. The van der Waals surface area contributed by atoms with Crippen LogP contribution < -0.4 is 10.0 Å². The minimum atomic E-state index is -3.68. The summed E-state index contributed by atoms with van der Waals surface area (Å²) in [7, 11) is -3.68. The molecule has 2 aromatic rings. The Morgan fingerprint density at radius 1 is 1.04 bits per heavy atom. The van der Waals surface area contributed by atoms with Crippen LogP contribution in [0, 0.1) is 24.0 Å². The van der Waals surface area contributed by atoms with Gasteiger partial charge in [-0.3, -0.25) is 10.1 Å². The van der Waals surface area contributed by atoms with Crippen molar-refractivity contribution >= 4 is 15.7 Å². The van der Waals surface area contributed by atoms with E-state index in [-0.39, 0.29) is 17.1 Å². The number of hydrogen-bond donors (Lipinski definition) is 2. The highest BCUT2D eigenvalue weighted by Gasteiger charge is 2.15. The normalized spacial score (nSPS) is 11.4. The fourth-order valence-electron chi connectivity index (χ4n) is 2.33. The molecule has 0 aliphatic carbocycles. The Hall–Kier alpha value is -2.29. The zero-order chi connectivity index (χ0) is 18.4. The number of aryl methyl sites for hydroxylation is 1. The Labute approximate surface area is 147 Å². The molecule has 0 aliphatic heterocycles. The van der Waals surface area contributed by atoms with Gasteiger partial charge in [-0.25, -0.2) is 13.1 Å². The fourth-order valence-corrected chi connectivity index (χ4v) is 3.36. The zero-order valence-corrected chi connectivity index (χ0v) is 15.0. The molecule has 0 saturated carbocycles. The number of nitro benzene ring substituents is 1. The lowest BCUT2D eigenvalue weighted by Crippen LogP contribution is -2.31. The predicted molar refractivity (Wildman–Crippen MR) is 95.9 cm³/mol. The molecule has 0 atom stereocenters. The average Bonchev–Trinajstić information content (AvgIpc) is 2.58. The van der Waals surface area contributed by atoms with E-state index in [0.29, 0.717) is 13.1 Å². The topological polar surface area (TPSA) is 101 Å². The maximum absolute atomic E-state index is 12.1. The predicted octanol–water partition coefficient (Wildman–Crippen LogP) is 2.28. The zero-order valence-electron chi connectivity index (χ0n) is 14.2. The highest BCUT2D eigenvalue weighted by Crippen LogP contribution is 2.15. The first kappa shape index (κ1) is 19.0. The van der Waals surface area contributed by atoms with Crippen molar-refractivity contribution in [2.75, 3.05) is 13.1 Å². The molecular formula is C17H21N3O4S. The van der Waals surface area contributed by atoms with Gasteiger partial charge >= 0.3 is 0 Å². The molecule has 25 heavy (non-hydrogen) atoms. The first-order valence-corrected chi connectivity index (χ1v) is 9.29. The maximum atomic E-state index is 12.1. The van der Waals surface area contributed by atoms with E-state index in [0.717, 1.165) is 0 Å². The third-order valence-electron chi connectivity index (χ3n) is 3.98. The van der Waals surface area contributed by atoms with Crippen molar-refractivity contribution in [2.45, 2.75) is 25.3 Å². The lowest BCUT2D eigenvalue weighted by atomic mass is 10.0. The van der Waals surface area contributed by atoms with Gasteiger partial charge in [0, 0.05) is 31.8 Å². The number of rotatable bonds is 8. The van der Waals surface area contributed by atoms with Gasteiger partial charge in [-0.2, -0.15) is 0 Å². The van der Waals surface area contributed by atoms with Crippen LogP contribution in [-0.4, -0.2) is 26.4 Å². The summed E-state index contributed by atoms with van der Waals surface area (Å²) in [6.07, 6.45) is 0. The van der Waals surface area contributed by atoms with Crippen LogP contribution >= 0.6 is 0 Å². The van der Waals surface area contributed by atoms with Gasteiger partial charge in [-0.15, -0.1) is 0 Å². The van der Waals surface area contributed by atoms with Crippen molar-refractivity contribution in [3.05, 3.63) is 69.3 Å². The van der Waals surface area contributed by atoms with Gasteiger partial charge in [0.2, 0.25) is 10.0 Å². The molecule has 0 heterocycles. The average molecular weight is 363 g/mol. The largest absolute Gasteiger partial charge is 0.311 e. The van der Waals surface area contributed by atoms with Gasteiger partial charge in [-0.1, -0.05) is 18.2 Å². The molecule has 2 N–H and O–H groups in total. The lowest BCUT2D eigenvalue weighted by molar-refractivity contribution is -0.384. The van der Waals surface area contributed by atoms with E-state index in [1.54, 1.807) is 0 Å². The number of nitrogens with zero attached hydrogens (tertiary/aromatic N) is 1. The van der Waals surface area contributed by atoms with Crippen LogP contribution in [0.5, 0.6) is 0 Å². The van der Waals surface area contributed by atoms with Crippen LogP contribution in [0.25, 0.3) is 0 Å². The standard InChI is InChI=1S/C17H21N3O4S/c1-13-4-3-5-15(14(13)2)12-18-10-11-19-25(23,24)17-8-6-16(7-9-17)20(21)22/h3-9,18-19H,10-12H2,1-2H3. The van der Waals surface area contributed by atoms with Crippen molar-refractivity contribution in [1.29, 1.82) is 0 Å². The third kappa shape index (κ3) is 5.09. The number of nitro groups is 1. The summed E-state index contributed by atoms with van der Waals surface area (Å²) < 4.78 is 26.7. The Morgan fingerprint density at radius 3 is 2.36 bits per heavy atom. The van der Waals surface area contributed by atoms with Crippen molar-refractivity contribution in [3.8, 4) is 0 Å². The molecule has 134 valence electrons. The van der Waals surface area contributed by atoms with Crippen molar-refractivity contribution in [1.82, 2.24) is 10.0 Å². The summed E-state index contributed by atoms with van der Waals surface area (Å²) in [6, 6.07) is 10.9. The smallest absolute Gasteiger partial charge is 0.269 e. The molecule has 0 unspecified atom stereocenters. The van der Waals surface area contributed by atoms with Gasteiger partial charge < -0.3 is 5.32 Å². The van der Waals surface area contributed by atoms with Gasteiger partial charge in [0.05, 0.1) is 9.82 Å². The van der Waals surface area contributed by atoms with Gasteiger partial charge in [0.1, 0.15) is 0 Å². The first-order chi connectivity index (χ1) is 11.8. The number of hydrogen-bond acceptors (Lipinski definition) is 5. The Bertz CT molecular complexity index is 849. The van der Waals surface area contributed by atoms with Crippen molar-refractivity contribution < 1.29 is 13.3 Å². The molecule has 0 spiro atoms. The third-order valence-corrected chi connectivity index (χ3v) is 5.46. The monoisotopic (exact) mass is 363 g/mol. The fraction of sp³-hybridized carbons (Fsp3) is 0.294. The second kappa shape index (κ2) is 8.19. The van der Waals surface area contributed by atoms with Crippen LogP contribution in [0.3, 0.4) is 0 Å². The summed E-state index contributed by atoms with van der Waals surface area (Å²) in [5, 5.41) is 13.8. The van der Waals surface area contributed by atoms with Gasteiger partial charge in [0.25, 0.3) is 5.69 Å². The molecule has 2 rings (SSSR count). The summed E-state index contributed by atoms with van der Waals surface area (Å²) in [5.41, 5.74) is 3.48. The van der Waals surface area contributed by atoms with E-state index < -0.39 is 14.9 Å². The molecule has 2 aromatic carbocycles. The summed E-state index contributed by atoms with van der Waals surface area (Å²) in [4.78, 5) is 10.0. The van der Waals surface area contributed by atoms with E-state index in [1.165, 1.54) is 41.0 Å². The maximum Gasteiger partial charge on any atom is 0.269 e. The molecule has 7 nitrogen and oxygen atoms in total. The molecule has 8 heteroatoms. The van der Waals surface area contributed by atoms with Gasteiger partial charge in [0.15, 0.2) is 0 Å². The Kier molecular flexibility index (Phi) is 6.24. The molecule has 0 radical (unpaired) electrons. The highest BCUT2D eigenvalue weighted by molar-refractivity contribution is 7.89. The lowest BCUT2D eigenvalue weighted by Gasteiger charge is -2.11. The van der Waals surface area contributed by atoms with E-state index >= 15 is 0 Å². The second-order valence-electron chi connectivity index (χ2n) is 5.68. The Balaban J connectivity index is 1.84. The van der Waals surface area contributed by atoms with E-state index in [9.17, 15) is 18.5 Å². The SMILES string of the molecule is Cc1cccc(CNCCNS(=O)(=O)c2ccc([N+](=O)[O-])cc2)c1C. The minimum Gasteiger partial charge on any atom is -0.311 e. The number of benzene rings is 2. The molecule has 0 bridgehead atoms. The molecular weight excluding hydrogens is 342 g/mol. The molecule has 0 amide bonds. The van der Waals surface area contributed by atoms with Crippen LogP contribution in [0.1, 0.15) is 16.7 Å². The number of nitrogens with one attached hydrogen (secondary N) is 2. The van der Waals surface area contributed by atoms with Crippen LogP contribution in [-0.2, 0) is 16.6 Å². The van der Waals surface area contributed by atoms with Crippen LogP contribution in [0.4, 0.5) is 5.69 Å². The molecule has 0 aliphatic rings. The minimum absolute atomic E-state index is 0.00706. The Morgan fingerprint density at radius 2 is 1.72 bits per heavy atom. The van der Waals surface area contributed by atoms with Gasteiger partial charge in [-0.05, 0) is 42.7 Å². The summed E-state index contributed by atoms with van der Waals surface area (Å²) >= 11 is 0. The van der Waals surface area contributed by atoms with Crippen molar-refractivity contribution in [2.24, 2.45) is 0 Å². The quantitative estimate of drug-likeness (QED) is 0.426. The number of non-ortho nitro benzene ring substituents is 1. The van der Waals surface area contributed by atoms with E-state index in [1.807, 2.05) is 12.1 Å². The summed E-state index contributed by atoms with van der Waals surface area (Å²) in [6.45, 7) is 5.47. The molecule has 0 aromatic heterocycles. The van der Waals surface area contributed by atoms with Crippen LogP contribution in [0.15, 0.2) is 47.4 Å². The van der Waals surface area contributed by atoms with E-state index in [4.69, 9.17) is 0 Å². The molecule has 0 fully saturated rings. The first-order valence-electron chi connectivity index (χ1n) is 7.81. The highest BCUT2D eigenvalue weighted by atomic mass is 32.2. The van der Waals surface area contributed by atoms with E-state index in [2.05, 4.69) is 30.0 Å². The molecule has 0 saturated heterocycles.